The normalized spacial score (nSPS) is 11.6. The lowest BCUT2D eigenvalue weighted by molar-refractivity contribution is 0.0704. The molecule has 0 aliphatic rings. The molecule has 0 bridgehead atoms. The molecule has 6 heteroatoms. The highest BCUT2D eigenvalue weighted by Gasteiger charge is 2.27. The average Bonchev–Trinajstić information content (AvgIpc) is 3.05. The van der Waals surface area contributed by atoms with E-state index in [1.54, 1.807) is 10.7 Å². The Morgan fingerprint density at radius 1 is 1.00 bits per heavy atom. The Morgan fingerprint density at radius 3 is 2.35 bits per heavy atom. The fourth-order valence-electron chi connectivity index (χ4n) is 3.24. The van der Waals surface area contributed by atoms with E-state index in [0.717, 1.165) is 26.3 Å². The smallest absolute Gasteiger partial charge is 0.344 e. The third-order valence-corrected chi connectivity index (χ3v) is 6.24. The molecule has 0 unspecified atom stereocenters. The van der Waals surface area contributed by atoms with Gasteiger partial charge in [0.1, 0.15) is 0 Å². The van der Waals surface area contributed by atoms with Crippen molar-refractivity contribution in [3.05, 3.63) is 83.0 Å². The van der Waals surface area contributed by atoms with Crippen LogP contribution in [-0.2, 0) is 5.54 Å². The first kappa shape index (κ1) is 21.5. The molecular formula is C25H23ClN2O2S. The summed E-state index contributed by atoms with van der Waals surface area (Å²) in [5.41, 5.74) is 0.944. The molecule has 4 rings (SSSR count). The van der Waals surface area contributed by atoms with Gasteiger partial charge in [0.15, 0.2) is 0 Å². The second-order valence-electron chi connectivity index (χ2n) is 8.31. The maximum atomic E-state index is 13.1. The Labute approximate surface area is 191 Å². The maximum absolute atomic E-state index is 13.1. The summed E-state index contributed by atoms with van der Waals surface area (Å²) in [5, 5.41) is 7.43. The molecule has 0 atom stereocenters. The maximum Gasteiger partial charge on any atom is 0.344 e. The number of carbonyl (C=O) groups is 1. The van der Waals surface area contributed by atoms with Gasteiger partial charge in [-0.2, -0.15) is 5.10 Å². The molecule has 0 spiro atoms. The highest BCUT2D eigenvalue weighted by molar-refractivity contribution is 7.99. The molecular weight excluding hydrogens is 428 g/mol. The molecule has 158 valence electrons. The summed E-state index contributed by atoms with van der Waals surface area (Å²) in [6.45, 7) is 8.02. The summed E-state index contributed by atoms with van der Waals surface area (Å²) < 4.78 is 7.75. The first-order valence-corrected chi connectivity index (χ1v) is 11.2. The van der Waals surface area contributed by atoms with Crippen molar-refractivity contribution in [2.24, 2.45) is 0 Å². The van der Waals surface area contributed by atoms with Crippen LogP contribution in [-0.4, -0.2) is 15.7 Å². The fraction of sp³-hybridized carbons (Fsp3) is 0.200. The van der Waals surface area contributed by atoms with Crippen molar-refractivity contribution >= 4 is 40.1 Å². The Hall–Kier alpha value is -2.76. The molecule has 3 aromatic carbocycles. The van der Waals surface area contributed by atoms with Gasteiger partial charge in [0.05, 0.1) is 21.7 Å². The van der Waals surface area contributed by atoms with Crippen LogP contribution < -0.4 is 4.74 Å². The molecule has 4 aromatic rings. The van der Waals surface area contributed by atoms with Gasteiger partial charge in [0.2, 0.25) is 5.88 Å². The fourth-order valence-corrected chi connectivity index (χ4v) is 4.27. The van der Waals surface area contributed by atoms with Crippen LogP contribution in [0.3, 0.4) is 0 Å². The number of rotatable bonds is 4. The van der Waals surface area contributed by atoms with Gasteiger partial charge < -0.3 is 4.74 Å². The predicted octanol–water partition coefficient (Wildman–Crippen LogP) is 7.12. The molecule has 0 radical (unpaired) electrons. The molecule has 31 heavy (non-hydrogen) atoms. The van der Waals surface area contributed by atoms with Crippen LogP contribution >= 0.6 is 23.4 Å². The lowest BCUT2D eigenvalue weighted by Crippen LogP contribution is -2.25. The van der Waals surface area contributed by atoms with E-state index in [1.807, 2.05) is 88.4 Å². The molecule has 0 saturated heterocycles. The number of benzene rings is 3. The zero-order chi connectivity index (χ0) is 22.2. The number of carbonyl (C=O) groups excluding carboxylic acids is 1. The summed E-state index contributed by atoms with van der Waals surface area (Å²) in [6, 6.07) is 21.1. The minimum Gasteiger partial charge on any atom is -0.403 e. The quantitative estimate of drug-likeness (QED) is 0.310. The van der Waals surface area contributed by atoms with E-state index < -0.39 is 5.97 Å². The number of fused-ring (bicyclic) bond motifs is 1. The number of esters is 1. The van der Waals surface area contributed by atoms with Crippen molar-refractivity contribution in [1.82, 2.24) is 9.78 Å². The molecule has 0 amide bonds. The van der Waals surface area contributed by atoms with Crippen LogP contribution in [0.25, 0.3) is 10.8 Å². The number of hydrogen-bond acceptors (Lipinski definition) is 4. The van der Waals surface area contributed by atoms with Gasteiger partial charge in [-0.15, -0.1) is 0 Å². The zero-order valence-corrected chi connectivity index (χ0v) is 19.4. The van der Waals surface area contributed by atoms with Gasteiger partial charge in [-0.05, 0) is 74.9 Å². The van der Waals surface area contributed by atoms with Gasteiger partial charge in [-0.3, -0.25) is 0 Å². The second-order valence-corrected chi connectivity index (χ2v) is 9.83. The van der Waals surface area contributed by atoms with E-state index >= 15 is 0 Å². The van der Waals surface area contributed by atoms with Crippen molar-refractivity contribution in [2.45, 2.75) is 43.0 Å². The zero-order valence-electron chi connectivity index (χ0n) is 17.8. The highest BCUT2D eigenvalue weighted by atomic mass is 35.5. The van der Waals surface area contributed by atoms with Crippen LogP contribution in [0.15, 0.2) is 76.5 Å². The third-order valence-electron chi connectivity index (χ3n) is 4.81. The monoisotopic (exact) mass is 450 g/mol. The predicted molar refractivity (Wildman–Crippen MR) is 126 cm³/mol. The van der Waals surface area contributed by atoms with E-state index in [0.29, 0.717) is 16.5 Å². The van der Waals surface area contributed by atoms with Crippen LogP contribution in [0.4, 0.5) is 0 Å². The van der Waals surface area contributed by atoms with Crippen LogP contribution in [0.1, 0.15) is 36.8 Å². The molecule has 1 aromatic heterocycles. The van der Waals surface area contributed by atoms with Gasteiger partial charge >= 0.3 is 5.97 Å². The Balaban J connectivity index is 1.72. The second kappa shape index (κ2) is 8.40. The van der Waals surface area contributed by atoms with Crippen LogP contribution in [0.5, 0.6) is 5.88 Å². The molecule has 0 N–H and O–H groups in total. The Kier molecular flexibility index (Phi) is 5.82. The third kappa shape index (κ3) is 4.63. The molecule has 4 nitrogen and oxygen atoms in total. The lowest BCUT2D eigenvalue weighted by Gasteiger charge is -2.22. The standard InChI is InChI=1S/C25H23ClN2O2S/c1-16-22(31-21-13-11-20(26)12-14-21)23(28(27-16)25(2,3)4)30-24(29)19-10-9-17-7-5-6-8-18(17)15-19/h5-15H,1-4H3. The van der Waals surface area contributed by atoms with E-state index in [4.69, 9.17) is 16.3 Å². The number of nitrogens with zero attached hydrogens (tertiary/aromatic N) is 2. The van der Waals surface area contributed by atoms with Crippen molar-refractivity contribution < 1.29 is 9.53 Å². The van der Waals surface area contributed by atoms with Gasteiger partial charge in [0, 0.05) is 9.92 Å². The van der Waals surface area contributed by atoms with E-state index in [-0.39, 0.29) is 5.54 Å². The minimum absolute atomic E-state index is 0.359. The van der Waals surface area contributed by atoms with Crippen molar-refractivity contribution in [1.29, 1.82) is 0 Å². The van der Waals surface area contributed by atoms with Gasteiger partial charge in [-0.25, -0.2) is 9.48 Å². The summed E-state index contributed by atoms with van der Waals surface area (Å²) in [7, 11) is 0. The van der Waals surface area contributed by atoms with Crippen molar-refractivity contribution in [3.63, 3.8) is 0 Å². The molecule has 0 aliphatic carbocycles. The Bertz CT molecular complexity index is 1260. The number of hydrogen-bond donors (Lipinski definition) is 0. The molecule has 1 heterocycles. The minimum atomic E-state index is -0.408. The van der Waals surface area contributed by atoms with E-state index in [2.05, 4.69) is 5.10 Å². The number of aromatic nitrogens is 2. The van der Waals surface area contributed by atoms with E-state index in [9.17, 15) is 4.79 Å². The first-order valence-electron chi connectivity index (χ1n) is 9.97. The highest BCUT2D eigenvalue weighted by Crippen LogP contribution is 2.40. The SMILES string of the molecule is Cc1nn(C(C)(C)C)c(OC(=O)c2ccc3ccccc3c2)c1Sc1ccc(Cl)cc1. The van der Waals surface area contributed by atoms with Crippen molar-refractivity contribution in [3.8, 4) is 5.88 Å². The summed E-state index contributed by atoms with van der Waals surface area (Å²) in [6.07, 6.45) is 0. The Morgan fingerprint density at radius 2 is 1.68 bits per heavy atom. The first-order chi connectivity index (χ1) is 14.7. The largest absolute Gasteiger partial charge is 0.403 e. The summed E-state index contributed by atoms with van der Waals surface area (Å²) >= 11 is 7.53. The number of ether oxygens (including phenoxy) is 1. The van der Waals surface area contributed by atoms with Crippen LogP contribution in [0, 0.1) is 6.92 Å². The van der Waals surface area contributed by atoms with E-state index in [1.165, 1.54) is 11.8 Å². The lowest BCUT2D eigenvalue weighted by atomic mass is 10.1. The number of aryl methyl sites for hydroxylation is 1. The number of halogens is 1. The molecule has 0 saturated carbocycles. The molecule has 0 aliphatic heterocycles. The molecule has 0 fully saturated rings. The van der Waals surface area contributed by atoms with Crippen molar-refractivity contribution in [2.75, 3.05) is 0 Å². The van der Waals surface area contributed by atoms with Gasteiger partial charge in [0.25, 0.3) is 0 Å². The average molecular weight is 451 g/mol. The topological polar surface area (TPSA) is 44.1 Å². The van der Waals surface area contributed by atoms with Crippen LogP contribution in [0.2, 0.25) is 5.02 Å². The summed E-state index contributed by atoms with van der Waals surface area (Å²) in [4.78, 5) is 14.9. The van der Waals surface area contributed by atoms with Gasteiger partial charge in [-0.1, -0.05) is 53.7 Å². The summed E-state index contributed by atoms with van der Waals surface area (Å²) in [5.74, 6) is 0.0391.